The molecule has 0 aliphatic carbocycles. The fourth-order valence-electron chi connectivity index (χ4n) is 1.69. The zero-order valence-electron chi connectivity index (χ0n) is 9.35. The summed E-state index contributed by atoms with van der Waals surface area (Å²) in [6.45, 7) is 1.85. The Balaban J connectivity index is 2.24. The van der Waals surface area contributed by atoms with Gasteiger partial charge in [-0.3, -0.25) is 4.79 Å². The number of anilines is 1. The Labute approximate surface area is 98.0 Å². The number of imide groups is 1. The van der Waals surface area contributed by atoms with Crippen molar-refractivity contribution in [3.05, 3.63) is 30.1 Å². The Kier molecular flexibility index (Phi) is 3.08. The van der Waals surface area contributed by atoms with Crippen molar-refractivity contribution in [3.63, 3.8) is 0 Å². The quantitative estimate of drug-likeness (QED) is 0.793. The summed E-state index contributed by atoms with van der Waals surface area (Å²) in [5.74, 6) is -0.738. The monoisotopic (exact) mass is 237 g/mol. The van der Waals surface area contributed by atoms with Gasteiger partial charge in [0.15, 0.2) is 0 Å². The van der Waals surface area contributed by atoms with Crippen LogP contribution in [-0.4, -0.2) is 18.1 Å². The van der Waals surface area contributed by atoms with Gasteiger partial charge in [-0.1, -0.05) is 6.92 Å². The van der Waals surface area contributed by atoms with E-state index < -0.39 is 11.9 Å². The first-order chi connectivity index (χ1) is 8.11. The van der Waals surface area contributed by atoms with E-state index >= 15 is 0 Å². The maximum Gasteiger partial charge on any atom is 0.421 e. The molecule has 1 aliphatic rings. The van der Waals surface area contributed by atoms with Gasteiger partial charge in [-0.15, -0.1) is 0 Å². The molecule has 1 atom stereocenters. The Hall–Kier alpha value is -1.91. The van der Waals surface area contributed by atoms with Crippen LogP contribution in [0.5, 0.6) is 0 Å². The molecule has 90 valence electrons. The van der Waals surface area contributed by atoms with Crippen molar-refractivity contribution >= 4 is 17.7 Å². The first-order valence-electron chi connectivity index (χ1n) is 5.41. The lowest BCUT2D eigenvalue weighted by Gasteiger charge is -2.29. The van der Waals surface area contributed by atoms with Crippen molar-refractivity contribution in [2.75, 3.05) is 4.90 Å². The number of hydrogen-bond acceptors (Lipinski definition) is 3. The molecule has 1 aromatic rings. The van der Waals surface area contributed by atoms with Crippen LogP contribution in [0.1, 0.15) is 19.8 Å². The fourth-order valence-corrected chi connectivity index (χ4v) is 1.69. The van der Waals surface area contributed by atoms with Crippen molar-refractivity contribution in [2.45, 2.75) is 25.9 Å². The van der Waals surface area contributed by atoms with Crippen molar-refractivity contribution in [1.29, 1.82) is 0 Å². The average Bonchev–Trinajstić information content (AvgIpc) is 2.30. The number of hydrogen-bond donors (Lipinski definition) is 0. The second-order valence-electron chi connectivity index (χ2n) is 3.82. The minimum Gasteiger partial charge on any atom is -0.445 e. The molecule has 0 aromatic heterocycles. The number of halogens is 1. The molecule has 1 saturated heterocycles. The van der Waals surface area contributed by atoms with Gasteiger partial charge in [-0.25, -0.2) is 14.1 Å². The van der Waals surface area contributed by atoms with Crippen LogP contribution < -0.4 is 4.90 Å². The number of ether oxygens (including phenoxy) is 1. The summed E-state index contributed by atoms with van der Waals surface area (Å²) in [5.41, 5.74) is 0.330. The number of amides is 2. The molecule has 2 rings (SSSR count). The number of carbonyl (C=O) groups excluding carboxylic acids is 2. The van der Waals surface area contributed by atoms with Gasteiger partial charge >= 0.3 is 6.09 Å². The molecule has 0 saturated carbocycles. The van der Waals surface area contributed by atoms with Gasteiger partial charge < -0.3 is 4.74 Å². The van der Waals surface area contributed by atoms with E-state index in [0.717, 1.165) is 4.90 Å². The molecule has 1 heterocycles. The van der Waals surface area contributed by atoms with E-state index in [4.69, 9.17) is 4.74 Å². The van der Waals surface area contributed by atoms with Crippen molar-refractivity contribution in [3.8, 4) is 0 Å². The van der Waals surface area contributed by atoms with E-state index in [0.29, 0.717) is 12.1 Å². The summed E-state index contributed by atoms with van der Waals surface area (Å²) < 4.78 is 17.8. The van der Waals surface area contributed by atoms with E-state index in [1.807, 2.05) is 6.92 Å². The van der Waals surface area contributed by atoms with E-state index in [-0.39, 0.29) is 18.4 Å². The Bertz CT molecular complexity index is 426. The molecule has 1 aromatic carbocycles. The highest BCUT2D eigenvalue weighted by Gasteiger charge is 2.34. The lowest BCUT2D eigenvalue weighted by molar-refractivity contribution is -0.122. The number of rotatable bonds is 2. The fraction of sp³-hybridized carbons (Fsp3) is 0.333. The minimum atomic E-state index is -0.695. The van der Waals surface area contributed by atoms with E-state index in [1.54, 1.807) is 0 Å². The number of benzene rings is 1. The van der Waals surface area contributed by atoms with Gasteiger partial charge in [-0.05, 0) is 30.7 Å². The van der Waals surface area contributed by atoms with Crippen LogP contribution >= 0.6 is 0 Å². The molecule has 1 aliphatic heterocycles. The van der Waals surface area contributed by atoms with E-state index in [1.165, 1.54) is 24.3 Å². The largest absolute Gasteiger partial charge is 0.445 e. The van der Waals surface area contributed by atoms with Crippen LogP contribution in [0.25, 0.3) is 0 Å². The third kappa shape index (κ3) is 2.27. The molecule has 5 heteroatoms. The van der Waals surface area contributed by atoms with E-state index in [2.05, 4.69) is 0 Å². The molecule has 0 spiro atoms. The smallest absolute Gasteiger partial charge is 0.421 e. The van der Waals surface area contributed by atoms with Crippen LogP contribution in [0.3, 0.4) is 0 Å². The SMILES string of the molecule is CCC1CC(=O)N(c2ccc(F)cc2)C(=O)O1. The summed E-state index contributed by atoms with van der Waals surface area (Å²) in [5, 5.41) is 0. The zero-order chi connectivity index (χ0) is 12.4. The highest BCUT2D eigenvalue weighted by Crippen LogP contribution is 2.23. The Morgan fingerprint density at radius 2 is 2.00 bits per heavy atom. The summed E-state index contributed by atoms with van der Waals surface area (Å²) >= 11 is 0. The van der Waals surface area contributed by atoms with Crippen LogP contribution in [0.4, 0.5) is 14.9 Å². The highest BCUT2D eigenvalue weighted by atomic mass is 19.1. The average molecular weight is 237 g/mol. The normalized spacial score (nSPS) is 20.4. The van der Waals surface area contributed by atoms with Gasteiger partial charge in [-0.2, -0.15) is 0 Å². The molecule has 17 heavy (non-hydrogen) atoms. The Morgan fingerprint density at radius 3 is 2.53 bits per heavy atom. The van der Waals surface area contributed by atoms with Crippen LogP contribution in [0.2, 0.25) is 0 Å². The molecule has 4 nitrogen and oxygen atoms in total. The summed E-state index contributed by atoms with van der Waals surface area (Å²) in [6.07, 6.45) is -0.277. The lowest BCUT2D eigenvalue weighted by Crippen LogP contribution is -2.46. The summed E-state index contributed by atoms with van der Waals surface area (Å²) in [6, 6.07) is 5.14. The van der Waals surface area contributed by atoms with Gasteiger partial charge in [0.05, 0.1) is 12.1 Å². The standard InChI is InChI=1S/C12H12FNO3/c1-2-10-7-11(15)14(12(16)17-10)9-5-3-8(13)4-6-9/h3-6,10H,2,7H2,1H3. The molecule has 2 amide bonds. The van der Waals surface area contributed by atoms with Crippen LogP contribution in [0.15, 0.2) is 24.3 Å². The van der Waals surface area contributed by atoms with E-state index in [9.17, 15) is 14.0 Å². The van der Waals surface area contributed by atoms with Gasteiger partial charge in [0.2, 0.25) is 5.91 Å². The molecule has 1 fully saturated rings. The first kappa shape index (κ1) is 11.6. The Morgan fingerprint density at radius 1 is 1.35 bits per heavy atom. The first-order valence-corrected chi connectivity index (χ1v) is 5.41. The maximum absolute atomic E-state index is 12.7. The molecule has 0 radical (unpaired) electrons. The second kappa shape index (κ2) is 4.53. The summed E-state index contributed by atoms with van der Waals surface area (Å²) in [4.78, 5) is 24.4. The summed E-state index contributed by atoms with van der Waals surface area (Å²) in [7, 11) is 0. The van der Waals surface area contributed by atoms with Crippen molar-refractivity contribution in [2.24, 2.45) is 0 Å². The number of cyclic esters (lactones) is 1. The van der Waals surface area contributed by atoms with Crippen molar-refractivity contribution < 1.29 is 18.7 Å². The third-order valence-electron chi connectivity index (χ3n) is 2.64. The highest BCUT2D eigenvalue weighted by molar-refractivity contribution is 6.13. The number of carbonyl (C=O) groups is 2. The molecule has 0 N–H and O–H groups in total. The predicted molar refractivity (Wildman–Crippen MR) is 59.1 cm³/mol. The minimum absolute atomic E-state index is 0.166. The van der Waals surface area contributed by atoms with Crippen molar-refractivity contribution in [1.82, 2.24) is 0 Å². The molecular formula is C12H12FNO3. The zero-order valence-corrected chi connectivity index (χ0v) is 9.35. The van der Waals surface area contributed by atoms with Crippen LogP contribution in [-0.2, 0) is 9.53 Å². The maximum atomic E-state index is 12.7. The molecular weight excluding hydrogens is 225 g/mol. The third-order valence-corrected chi connectivity index (χ3v) is 2.64. The second-order valence-corrected chi connectivity index (χ2v) is 3.82. The number of nitrogens with zero attached hydrogens (tertiary/aromatic N) is 1. The topological polar surface area (TPSA) is 46.6 Å². The van der Waals surface area contributed by atoms with Gasteiger partial charge in [0, 0.05) is 0 Å². The molecule has 1 unspecified atom stereocenters. The predicted octanol–water partition coefficient (Wildman–Crippen LogP) is 2.48. The molecule has 0 bridgehead atoms. The van der Waals surface area contributed by atoms with Gasteiger partial charge in [0.25, 0.3) is 0 Å². The lowest BCUT2D eigenvalue weighted by atomic mass is 10.1. The van der Waals surface area contributed by atoms with Gasteiger partial charge in [0.1, 0.15) is 11.9 Å². The van der Waals surface area contributed by atoms with Crippen LogP contribution in [0, 0.1) is 5.82 Å².